The quantitative estimate of drug-likeness (QED) is 0.262. The fraction of sp³-hybridized carbons (Fsp3) is 0.556. The van der Waals surface area contributed by atoms with Crippen molar-refractivity contribution in [1.29, 1.82) is 0 Å². The molecule has 0 aliphatic rings. The Bertz CT molecular complexity index is 530. The molecule has 1 unspecified atom stereocenters. The van der Waals surface area contributed by atoms with Crippen molar-refractivity contribution < 1.29 is 9.53 Å². The topological polar surface area (TPSA) is 74.8 Å². The first-order valence-electron chi connectivity index (χ1n) is 8.31. The molecule has 0 spiro atoms. The van der Waals surface area contributed by atoms with Gasteiger partial charge in [0.05, 0.1) is 6.04 Å². The van der Waals surface area contributed by atoms with Crippen LogP contribution in [0, 0.1) is 0 Å². The third-order valence-corrected chi connectivity index (χ3v) is 3.19. The van der Waals surface area contributed by atoms with E-state index in [4.69, 9.17) is 4.74 Å². The van der Waals surface area contributed by atoms with Gasteiger partial charge in [-0.1, -0.05) is 30.3 Å². The number of hydrogen-bond donors (Lipinski definition) is 3. The first-order valence-corrected chi connectivity index (χ1v) is 8.31. The van der Waals surface area contributed by atoms with E-state index in [-0.39, 0.29) is 36.1 Å². The maximum absolute atomic E-state index is 11.5. The second-order valence-electron chi connectivity index (χ2n) is 6.56. The van der Waals surface area contributed by atoms with Crippen LogP contribution in [0.3, 0.4) is 0 Å². The first kappa shape index (κ1) is 23.5. The third-order valence-electron chi connectivity index (χ3n) is 3.19. The first-order chi connectivity index (χ1) is 11.3. The molecule has 142 valence electrons. The van der Waals surface area contributed by atoms with Crippen molar-refractivity contribution in [1.82, 2.24) is 16.0 Å². The number of aliphatic imine (C=N–C) groups is 1. The number of amides is 1. The van der Waals surface area contributed by atoms with Crippen LogP contribution >= 0.6 is 24.0 Å². The molecule has 1 aromatic carbocycles. The van der Waals surface area contributed by atoms with E-state index in [0.717, 1.165) is 12.4 Å². The Morgan fingerprint density at radius 1 is 1.16 bits per heavy atom. The van der Waals surface area contributed by atoms with E-state index in [2.05, 4.69) is 40.0 Å². The molecule has 1 aromatic rings. The van der Waals surface area contributed by atoms with Crippen LogP contribution in [0.15, 0.2) is 35.3 Å². The van der Waals surface area contributed by atoms with Crippen molar-refractivity contribution in [2.24, 2.45) is 4.99 Å². The summed E-state index contributed by atoms with van der Waals surface area (Å²) in [5.74, 6) is 0.739. The van der Waals surface area contributed by atoms with E-state index in [1.165, 1.54) is 5.56 Å². The molecule has 0 saturated carbocycles. The maximum Gasteiger partial charge on any atom is 0.407 e. The van der Waals surface area contributed by atoms with Crippen molar-refractivity contribution in [2.45, 2.75) is 45.8 Å². The lowest BCUT2D eigenvalue weighted by molar-refractivity contribution is 0.0527. The zero-order valence-electron chi connectivity index (χ0n) is 15.8. The Kier molecular flexibility index (Phi) is 11.2. The second-order valence-corrected chi connectivity index (χ2v) is 6.56. The Hall–Kier alpha value is -1.51. The number of carbonyl (C=O) groups is 1. The van der Waals surface area contributed by atoms with E-state index in [0.29, 0.717) is 13.1 Å². The molecular weight excluding hydrogens is 431 g/mol. The van der Waals surface area contributed by atoms with E-state index in [1.54, 1.807) is 7.05 Å². The molecule has 0 fully saturated rings. The third kappa shape index (κ3) is 10.9. The van der Waals surface area contributed by atoms with E-state index in [9.17, 15) is 4.79 Å². The van der Waals surface area contributed by atoms with Crippen LogP contribution in [0.25, 0.3) is 0 Å². The highest BCUT2D eigenvalue weighted by molar-refractivity contribution is 14.0. The molecule has 0 aliphatic heterocycles. The zero-order chi connectivity index (χ0) is 18.0. The molecule has 1 amide bonds. The molecule has 25 heavy (non-hydrogen) atoms. The number of nitrogens with zero attached hydrogens (tertiary/aromatic N) is 1. The molecule has 0 heterocycles. The van der Waals surface area contributed by atoms with Crippen LogP contribution in [0.5, 0.6) is 0 Å². The van der Waals surface area contributed by atoms with Crippen LogP contribution in [0.2, 0.25) is 0 Å². The summed E-state index contributed by atoms with van der Waals surface area (Å²) in [6, 6.07) is 10.4. The van der Waals surface area contributed by atoms with Crippen molar-refractivity contribution in [2.75, 3.05) is 20.1 Å². The number of rotatable bonds is 6. The highest BCUT2D eigenvalue weighted by Crippen LogP contribution is 2.10. The van der Waals surface area contributed by atoms with Crippen LogP contribution in [0.4, 0.5) is 4.79 Å². The van der Waals surface area contributed by atoms with Gasteiger partial charge in [-0.05, 0) is 39.7 Å². The summed E-state index contributed by atoms with van der Waals surface area (Å²) in [6.45, 7) is 8.88. The maximum atomic E-state index is 11.5. The molecule has 3 N–H and O–H groups in total. The lowest BCUT2D eigenvalue weighted by Gasteiger charge is -2.20. The van der Waals surface area contributed by atoms with Gasteiger partial charge in [-0.25, -0.2) is 4.79 Å². The minimum atomic E-state index is -0.470. The lowest BCUT2D eigenvalue weighted by Crippen LogP contribution is -2.40. The molecule has 6 nitrogen and oxygen atoms in total. The van der Waals surface area contributed by atoms with Gasteiger partial charge in [0.2, 0.25) is 0 Å². The van der Waals surface area contributed by atoms with Crippen LogP contribution in [0.1, 0.15) is 45.7 Å². The summed E-state index contributed by atoms with van der Waals surface area (Å²) in [7, 11) is 1.74. The number of ether oxygens (including phenoxy) is 1. The van der Waals surface area contributed by atoms with Crippen molar-refractivity contribution >= 4 is 36.0 Å². The fourth-order valence-electron chi connectivity index (χ4n) is 2.02. The summed E-state index contributed by atoms with van der Waals surface area (Å²) in [5, 5.41) is 9.32. The van der Waals surface area contributed by atoms with Gasteiger partial charge >= 0.3 is 6.09 Å². The highest BCUT2D eigenvalue weighted by atomic mass is 127. The molecular formula is C18H31IN4O2. The van der Waals surface area contributed by atoms with Gasteiger partial charge in [0.15, 0.2) is 5.96 Å². The minimum absolute atomic E-state index is 0. The monoisotopic (exact) mass is 462 g/mol. The Labute approximate surface area is 168 Å². The van der Waals surface area contributed by atoms with E-state index < -0.39 is 5.60 Å². The van der Waals surface area contributed by atoms with E-state index in [1.807, 2.05) is 39.0 Å². The molecule has 0 saturated heterocycles. The number of benzene rings is 1. The standard InChI is InChI=1S/C18H30N4O2.HI/c1-14(15-10-7-6-8-11-15)22-16(19-5)20-12-9-13-21-17(23)24-18(2,3)4;/h6-8,10-11,14H,9,12-13H2,1-5H3,(H,21,23)(H2,19,20,22);1H. The predicted octanol–water partition coefficient (Wildman–Crippen LogP) is 3.45. The molecule has 0 aliphatic carbocycles. The van der Waals surface area contributed by atoms with Crippen LogP contribution in [-0.2, 0) is 4.74 Å². The Morgan fingerprint density at radius 3 is 2.32 bits per heavy atom. The number of guanidine groups is 1. The summed E-state index contributed by atoms with van der Waals surface area (Å²) in [5.41, 5.74) is 0.731. The Morgan fingerprint density at radius 2 is 1.76 bits per heavy atom. The summed E-state index contributed by atoms with van der Waals surface area (Å²) in [6.07, 6.45) is 0.391. The van der Waals surface area contributed by atoms with Crippen LogP contribution < -0.4 is 16.0 Å². The average molecular weight is 462 g/mol. The number of carbonyl (C=O) groups excluding carboxylic acids is 1. The highest BCUT2D eigenvalue weighted by Gasteiger charge is 2.15. The molecule has 0 aromatic heterocycles. The molecule has 1 rings (SSSR count). The average Bonchev–Trinajstić information content (AvgIpc) is 2.52. The Balaban J connectivity index is 0.00000576. The summed E-state index contributed by atoms with van der Waals surface area (Å²) < 4.78 is 5.18. The van der Waals surface area contributed by atoms with Gasteiger partial charge in [-0.15, -0.1) is 24.0 Å². The van der Waals surface area contributed by atoms with Gasteiger partial charge in [0.1, 0.15) is 5.60 Å². The largest absolute Gasteiger partial charge is 0.444 e. The normalized spacial score (nSPS) is 12.6. The van der Waals surface area contributed by atoms with Crippen molar-refractivity contribution in [3.8, 4) is 0 Å². The molecule has 0 radical (unpaired) electrons. The van der Waals surface area contributed by atoms with Gasteiger partial charge < -0.3 is 20.7 Å². The number of nitrogens with one attached hydrogen (secondary N) is 3. The van der Waals surface area contributed by atoms with Crippen LogP contribution in [-0.4, -0.2) is 37.8 Å². The minimum Gasteiger partial charge on any atom is -0.444 e. The van der Waals surface area contributed by atoms with E-state index >= 15 is 0 Å². The van der Waals surface area contributed by atoms with Gasteiger partial charge in [0, 0.05) is 20.1 Å². The molecule has 1 atom stereocenters. The zero-order valence-corrected chi connectivity index (χ0v) is 18.1. The van der Waals surface area contributed by atoms with Crippen molar-refractivity contribution in [3.63, 3.8) is 0 Å². The number of hydrogen-bond acceptors (Lipinski definition) is 3. The van der Waals surface area contributed by atoms with Gasteiger partial charge in [-0.2, -0.15) is 0 Å². The lowest BCUT2D eigenvalue weighted by atomic mass is 10.1. The molecule has 0 bridgehead atoms. The molecule has 7 heteroatoms. The predicted molar refractivity (Wildman–Crippen MR) is 114 cm³/mol. The second kappa shape index (κ2) is 11.9. The number of alkyl carbamates (subject to hydrolysis) is 1. The SMILES string of the molecule is CN=C(NCCCNC(=O)OC(C)(C)C)NC(C)c1ccccc1.I. The fourth-order valence-corrected chi connectivity index (χ4v) is 2.02. The summed E-state index contributed by atoms with van der Waals surface area (Å²) >= 11 is 0. The number of halogens is 1. The van der Waals surface area contributed by atoms with Crippen molar-refractivity contribution in [3.05, 3.63) is 35.9 Å². The smallest absolute Gasteiger partial charge is 0.407 e. The summed E-state index contributed by atoms with van der Waals surface area (Å²) in [4.78, 5) is 15.7. The van der Waals surface area contributed by atoms with Gasteiger partial charge in [0.25, 0.3) is 0 Å². The van der Waals surface area contributed by atoms with Gasteiger partial charge in [-0.3, -0.25) is 4.99 Å².